The normalized spacial score (nSPS) is 11.4. The van der Waals surface area contributed by atoms with E-state index in [2.05, 4.69) is 153 Å². The molecular weight excluding hydrogens is 596 g/mol. The van der Waals surface area contributed by atoms with Gasteiger partial charge in [-0.1, -0.05) is 223 Å². The van der Waals surface area contributed by atoms with E-state index in [1.54, 1.807) is 15.6 Å². The maximum Gasteiger partial charge on any atom is 0.324 e. The first kappa shape index (κ1) is 41.6. The lowest BCUT2D eigenvalue weighted by Crippen LogP contribution is -2.45. The molecule has 0 heterocycles. The second-order valence-electron chi connectivity index (χ2n) is 11.4. The van der Waals surface area contributed by atoms with Gasteiger partial charge in [-0.25, -0.2) is 0 Å². The van der Waals surface area contributed by atoms with Crippen LogP contribution in [0.5, 0.6) is 0 Å². The van der Waals surface area contributed by atoms with E-state index in [-0.39, 0.29) is 0 Å². The molecule has 0 aliphatic carbocycles. The molecule has 0 aromatic heterocycles. The Labute approximate surface area is 269 Å². The molecule has 3 N–H and O–H groups in total. The fourth-order valence-electron chi connectivity index (χ4n) is 6.46. The van der Waals surface area contributed by atoms with E-state index in [1.807, 2.05) is 0 Å². The number of rotatable bonds is 12. The van der Waals surface area contributed by atoms with Gasteiger partial charge >= 0.3 is 8.60 Å². The van der Waals surface area contributed by atoms with E-state index >= 15 is 0 Å². The van der Waals surface area contributed by atoms with E-state index in [0.717, 1.165) is 0 Å². The summed E-state index contributed by atoms with van der Waals surface area (Å²) in [4.78, 5) is 21.7. The van der Waals surface area contributed by atoms with Gasteiger partial charge < -0.3 is 14.7 Å². The molecule has 0 amide bonds. The van der Waals surface area contributed by atoms with Crippen molar-refractivity contribution in [3.8, 4) is 0 Å². The molecule has 7 heteroatoms. The number of hydrogen-bond donors (Lipinski definition) is 3. The van der Waals surface area contributed by atoms with Crippen molar-refractivity contribution in [2.75, 3.05) is 0 Å². The molecule has 242 valence electrons. The lowest BCUT2D eigenvalue weighted by Gasteiger charge is -2.28. The zero-order valence-corrected chi connectivity index (χ0v) is 32.7. The Morgan fingerprint density at radius 1 is 0.349 bits per heavy atom. The van der Waals surface area contributed by atoms with Crippen LogP contribution in [0.25, 0.3) is 0 Å². The van der Waals surface area contributed by atoms with Gasteiger partial charge in [0.1, 0.15) is 0 Å². The van der Waals surface area contributed by atoms with Crippen LogP contribution in [0.1, 0.15) is 62.3 Å². The van der Waals surface area contributed by atoms with Crippen LogP contribution >= 0.6 is 8.60 Å². The predicted octanol–water partition coefficient (Wildman–Crippen LogP) is 9.40. The van der Waals surface area contributed by atoms with Crippen molar-refractivity contribution in [3.63, 3.8) is 0 Å². The highest BCUT2D eigenvalue weighted by Gasteiger charge is 2.29. The van der Waals surface area contributed by atoms with Crippen LogP contribution in [0.2, 0.25) is 54.4 Å². The van der Waals surface area contributed by atoms with E-state index in [4.69, 9.17) is 14.7 Å². The average Bonchev–Trinajstić information content (AvgIpc) is 3.06. The second kappa shape index (κ2) is 23.0. The van der Waals surface area contributed by atoms with Gasteiger partial charge in [0, 0.05) is 0 Å². The zero-order chi connectivity index (χ0) is 32.8. The van der Waals surface area contributed by atoms with Crippen LogP contribution in [0, 0.1) is 0 Å². The summed E-state index contributed by atoms with van der Waals surface area (Å²) in [6, 6.07) is 45.8. The molecule has 0 saturated heterocycles. The van der Waals surface area contributed by atoms with Gasteiger partial charge in [0.2, 0.25) is 0 Å². The monoisotopic (exact) mass is 658 g/mol. The molecule has 0 aliphatic heterocycles. The van der Waals surface area contributed by atoms with Crippen LogP contribution in [0.15, 0.2) is 91.0 Å². The van der Waals surface area contributed by atoms with Crippen molar-refractivity contribution in [1.82, 2.24) is 0 Å². The Balaban J connectivity index is 0.000000578. The average molecular weight is 659 g/mol. The summed E-state index contributed by atoms with van der Waals surface area (Å²) in [5.74, 6) is 0. The third-order valence-corrected chi connectivity index (χ3v) is 27.1. The standard InChI is InChI=1S/3C12H20Si.H3O3P/c3*1-4-13(5-2,6-3)12-10-8-7-9-11-12;1-4(2)3/h3*7-11H,4-6H2,1-3H3;1-3H. The smallest absolute Gasteiger partial charge is 0.324 e. The maximum absolute atomic E-state index is 7.23. The Hall–Kier alpha value is -1.38. The second-order valence-corrected chi connectivity index (χ2v) is 27.7. The van der Waals surface area contributed by atoms with Gasteiger partial charge in [-0.05, 0) is 0 Å². The van der Waals surface area contributed by atoms with Crippen molar-refractivity contribution in [3.05, 3.63) is 91.0 Å². The van der Waals surface area contributed by atoms with Crippen LogP contribution in [0.3, 0.4) is 0 Å². The first-order valence-electron chi connectivity index (χ1n) is 16.6. The first-order chi connectivity index (χ1) is 20.6. The summed E-state index contributed by atoms with van der Waals surface area (Å²) >= 11 is 0. The largest absolute Gasteiger partial charge is 0.328 e. The lowest BCUT2D eigenvalue weighted by molar-refractivity contribution is 0.368. The van der Waals surface area contributed by atoms with Crippen LogP contribution in [-0.2, 0) is 0 Å². The molecule has 0 unspecified atom stereocenters. The molecule has 3 rings (SSSR count). The number of benzene rings is 3. The van der Waals surface area contributed by atoms with Gasteiger partial charge in [0.05, 0.1) is 24.2 Å². The van der Waals surface area contributed by atoms with Crippen LogP contribution in [-0.4, -0.2) is 38.9 Å². The van der Waals surface area contributed by atoms with E-state index in [1.165, 1.54) is 54.4 Å². The van der Waals surface area contributed by atoms with Crippen molar-refractivity contribution in [1.29, 1.82) is 0 Å². The van der Waals surface area contributed by atoms with Gasteiger partial charge in [-0.15, -0.1) is 0 Å². The Kier molecular flexibility index (Phi) is 22.3. The van der Waals surface area contributed by atoms with Crippen molar-refractivity contribution < 1.29 is 14.7 Å². The van der Waals surface area contributed by atoms with Gasteiger partial charge in [0.25, 0.3) is 0 Å². The Morgan fingerprint density at radius 3 is 0.605 bits per heavy atom. The van der Waals surface area contributed by atoms with Crippen molar-refractivity contribution in [2.45, 2.75) is 117 Å². The van der Waals surface area contributed by atoms with Gasteiger partial charge in [-0.2, -0.15) is 0 Å². The van der Waals surface area contributed by atoms with Gasteiger partial charge in [-0.3, -0.25) is 0 Å². The third-order valence-electron chi connectivity index (χ3n) is 10.2. The maximum atomic E-state index is 7.23. The summed E-state index contributed by atoms with van der Waals surface area (Å²) in [5.41, 5.74) is 0. The molecule has 0 radical (unpaired) electrons. The quantitative estimate of drug-likeness (QED) is 0.134. The minimum atomic E-state index is -2.62. The fraction of sp³-hybridized carbons (Fsp3) is 0.500. The highest BCUT2D eigenvalue weighted by Crippen LogP contribution is 2.21. The van der Waals surface area contributed by atoms with Gasteiger partial charge in [0.15, 0.2) is 0 Å². The third kappa shape index (κ3) is 13.3. The van der Waals surface area contributed by atoms with E-state index < -0.39 is 32.8 Å². The van der Waals surface area contributed by atoms with Crippen LogP contribution in [0.4, 0.5) is 0 Å². The molecule has 0 fully saturated rings. The molecule has 0 saturated carbocycles. The molecule has 3 aromatic carbocycles. The van der Waals surface area contributed by atoms with E-state index in [0.29, 0.717) is 0 Å². The zero-order valence-electron chi connectivity index (χ0n) is 28.8. The molecule has 0 bridgehead atoms. The number of hydrogen-bond acceptors (Lipinski definition) is 3. The molecule has 43 heavy (non-hydrogen) atoms. The highest BCUT2D eigenvalue weighted by molar-refractivity contribution is 7.38. The molecule has 0 spiro atoms. The van der Waals surface area contributed by atoms with Crippen molar-refractivity contribution in [2.24, 2.45) is 0 Å². The highest BCUT2D eigenvalue weighted by atomic mass is 31.2. The molecule has 3 aromatic rings. The molecular formula is C36H63O3PSi3. The molecule has 3 nitrogen and oxygen atoms in total. The molecule has 0 atom stereocenters. The molecule has 0 aliphatic rings. The SMILES string of the molecule is CC[Si](CC)(CC)c1ccccc1.CC[Si](CC)(CC)c1ccccc1.CC[Si](CC)(CC)c1ccccc1.OP(O)O. The summed E-state index contributed by atoms with van der Waals surface area (Å²) < 4.78 is 0. The minimum Gasteiger partial charge on any atom is -0.328 e. The van der Waals surface area contributed by atoms with E-state index in [9.17, 15) is 0 Å². The van der Waals surface area contributed by atoms with Crippen LogP contribution < -0.4 is 15.6 Å². The lowest BCUT2D eigenvalue weighted by atomic mass is 10.4. The minimum absolute atomic E-state index is 1.09. The summed E-state index contributed by atoms with van der Waals surface area (Å²) in [7, 11) is -5.90. The first-order valence-corrected chi connectivity index (χ1v) is 25.7. The topological polar surface area (TPSA) is 60.7 Å². The summed E-state index contributed by atoms with van der Waals surface area (Å²) in [6.07, 6.45) is 0. The van der Waals surface area contributed by atoms with Crippen molar-refractivity contribution >= 4 is 48.4 Å². The fourth-order valence-corrected chi connectivity index (χ4v) is 17.3. The Morgan fingerprint density at radius 2 is 0.488 bits per heavy atom. The Bertz CT molecular complexity index is 882. The summed E-state index contributed by atoms with van der Waals surface area (Å²) in [5, 5.41) is 4.92. The summed E-state index contributed by atoms with van der Waals surface area (Å²) in [6.45, 7) is 21.2. The predicted molar refractivity (Wildman–Crippen MR) is 203 cm³/mol.